The van der Waals surface area contributed by atoms with E-state index >= 15 is 0 Å². The van der Waals surface area contributed by atoms with E-state index in [9.17, 15) is 8.42 Å². The molecule has 0 aliphatic heterocycles. The first-order valence-corrected chi connectivity index (χ1v) is 9.01. The van der Waals surface area contributed by atoms with Gasteiger partial charge < -0.3 is 5.11 Å². The van der Waals surface area contributed by atoms with E-state index in [2.05, 4.69) is 18.6 Å². The van der Waals surface area contributed by atoms with Crippen molar-refractivity contribution in [3.63, 3.8) is 0 Å². The highest BCUT2D eigenvalue weighted by Crippen LogP contribution is 2.35. The molecule has 0 amide bonds. The van der Waals surface area contributed by atoms with E-state index < -0.39 is 10.0 Å². The van der Waals surface area contributed by atoms with Crippen molar-refractivity contribution in [1.82, 2.24) is 4.72 Å². The molecule has 0 bridgehead atoms. The Morgan fingerprint density at radius 1 is 1.43 bits per heavy atom. The molecule has 6 heteroatoms. The average Bonchev–Trinajstić information content (AvgIpc) is 2.36. The summed E-state index contributed by atoms with van der Waals surface area (Å²) in [6.07, 6.45) is 3.87. The average molecular weight is 332 g/mol. The predicted molar refractivity (Wildman–Crippen MR) is 83.7 cm³/mol. The second kappa shape index (κ2) is 6.24. The molecule has 21 heavy (non-hydrogen) atoms. The van der Waals surface area contributed by atoms with Crippen LogP contribution in [0.4, 0.5) is 0 Å². The Morgan fingerprint density at radius 3 is 2.71 bits per heavy atom. The first kappa shape index (κ1) is 16.7. The Hall–Kier alpha value is -0.620. The summed E-state index contributed by atoms with van der Waals surface area (Å²) in [4.78, 5) is 0.146. The third kappa shape index (κ3) is 4.19. The van der Waals surface area contributed by atoms with Crippen LogP contribution < -0.4 is 4.72 Å². The van der Waals surface area contributed by atoms with Crippen molar-refractivity contribution in [2.24, 2.45) is 5.41 Å². The lowest BCUT2D eigenvalue weighted by Crippen LogP contribution is -2.40. The third-order valence-electron chi connectivity index (χ3n) is 4.03. The third-order valence-corrected chi connectivity index (χ3v) is 5.90. The minimum absolute atomic E-state index is 0.0324. The molecule has 1 aliphatic carbocycles. The highest BCUT2D eigenvalue weighted by Gasteiger charge is 2.30. The van der Waals surface area contributed by atoms with E-state index in [0.717, 1.165) is 25.7 Å². The van der Waals surface area contributed by atoms with E-state index in [1.807, 2.05) is 0 Å². The van der Waals surface area contributed by atoms with Crippen LogP contribution in [0.1, 0.15) is 45.1 Å². The van der Waals surface area contributed by atoms with Crippen LogP contribution in [0.5, 0.6) is 0 Å². The molecule has 1 atom stereocenters. The van der Waals surface area contributed by atoms with Gasteiger partial charge in [0.05, 0.1) is 11.5 Å². The lowest BCUT2D eigenvalue weighted by atomic mass is 9.75. The minimum atomic E-state index is -3.57. The number of hydrogen-bond acceptors (Lipinski definition) is 3. The Balaban J connectivity index is 2.17. The second-order valence-electron chi connectivity index (χ2n) is 6.49. The fourth-order valence-electron chi connectivity index (χ4n) is 2.91. The maximum atomic E-state index is 12.4. The number of halogens is 1. The number of aliphatic hydroxyl groups is 1. The van der Waals surface area contributed by atoms with E-state index in [1.54, 1.807) is 6.07 Å². The molecular weight excluding hydrogens is 310 g/mol. The number of aliphatic hydroxyl groups excluding tert-OH is 1. The van der Waals surface area contributed by atoms with Gasteiger partial charge in [-0.05, 0) is 42.4 Å². The van der Waals surface area contributed by atoms with Gasteiger partial charge >= 0.3 is 0 Å². The van der Waals surface area contributed by atoms with Gasteiger partial charge in [0, 0.05) is 11.1 Å². The molecule has 1 fully saturated rings. The second-order valence-corrected chi connectivity index (χ2v) is 8.61. The topological polar surface area (TPSA) is 66.4 Å². The van der Waals surface area contributed by atoms with Crippen molar-refractivity contribution in [2.45, 2.75) is 57.1 Å². The predicted octanol–water partition coefficient (Wildman–Crippen LogP) is 3.08. The van der Waals surface area contributed by atoms with Gasteiger partial charge in [-0.25, -0.2) is 13.1 Å². The highest BCUT2D eigenvalue weighted by atomic mass is 35.5. The number of benzene rings is 1. The summed E-state index contributed by atoms with van der Waals surface area (Å²) in [5.41, 5.74) is 0.693. The summed E-state index contributed by atoms with van der Waals surface area (Å²) in [6, 6.07) is 4.38. The molecule has 118 valence electrons. The van der Waals surface area contributed by atoms with Gasteiger partial charge in [-0.1, -0.05) is 37.9 Å². The summed E-state index contributed by atoms with van der Waals surface area (Å²) in [6.45, 7) is 4.13. The standard InChI is InChI=1S/C15H22ClNO3S/c1-15(2)7-3-4-12(9-15)17-21(19,20)13-6-5-11(10-18)14(16)8-13/h5-6,8,12,17-18H,3-4,7,9-10H2,1-2H3. The number of nitrogens with one attached hydrogen (secondary N) is 1. The van der Waals surface area contributed by atoms with E-state index in [0.29, 0.717) is 5.56 Å². The maximum Gasteiger partial charge on any atom is 0.240 e. The molecule has 4 nitrogen and oxygen atoms in total. The molecule has 1 aliphatic rings. The summed E-state index contributed by atoms with van der Waals surface area (Å²) in [5, 5.41) is 9.35. The van der Waals surface area contributed by atoms with Crippen molar-refractivity contribution >= 4 is 21.6 Å². The molecule has 1 unspecified atom stereocenters. The van der Waals surface area contributed by atoms with Crippen molar-refractivity contribution in [3.05, 3.63) is 28.8 Å². The van der Waals surface area contributed by atoms with E-state index in [1.165, 1.54) is 12.1 Å². The SMILES string of the molecule is CC1(C)CCCC(NS(=O)(=O)c2ccc(CO)c(Cl)c2)C1. The smallest absolute Gasteiger partial charge is 0.240 e. The van der Waals surface area contributed by atoms with Gasteiger partial charge in [0.15, 0.2) is 0 Å². The van der Waals surface area contributed by atoms with Crippen LogP contribution in [-0.2, 0) is 16.6 Å². The van der Waals surface area contributed by atoms with Gasteiger partial charge in [-0.15, -0.1) is 0 Å². The van der Waals surface area contributed by atoms with Crippen LogP contribution in [0, 0.1) is 5.41 Å². The normalized spacial score (nSPS) is 22.2. The molecule has 2 N–H and O–H groups in total. The van der Waals surface area contributed by atoms with E-state index in [-0.39, 0.29) is 28.0 Å². The number of hydrogen-bond donors (Lipinski definition) is 2. The molecule has 0 heterocycles. The molecule has 0 radical (unpaired) electrons. The molecule has 0 saturated heterocycles. The maximum absolute atomic E-state index is 12.4. The van der Waals surface area contributed by atoms with Crippen LogP contribution in [0.3, 0.4) is 0 Å². The Labute approximate surface area is 131 Å². The van der Waals surface area contributed by atoms with Crippen LogP contribution in [-0.4, -0.2) is 19.6 Å². The molecular formula is C15H22ClNO3S. The summed E-state index contributed by atoms with van der Waals surface area (Å²) in [5.74, 6) is 0. The summed E-state index contributed by atoms with van der Waals surface area (Å²) >= 11 is 5.97. The van der Waals surface area contributed by atoms with Crippen LogP contribution >= 0.6 is 11.6 Å². The fraction of sp³-hybridized carbons (Fsp3) is 0.600. The van der Waals surface area contributed by atoms with Crippen LogP contribution in [0.2, 0.25) is 5.02 Å². The molecule has 1 saturated carbocycles. The van der Waals surface area contributed by atoms with Crippen LogP contribution in [0.25, 0.3) is 0 Å². The fourth-order valence-corrected chi connectivity index (χ4v) is 4.51. The minimum Gasteiger partial charge on any atom is -0.392 e. The summed E-state index contributed by atoms with van der Waals surface area (Å²) < 4.78 is 27.6. The largest absolute Gasteiger partial charge is 0.392 e. The van der Waals surface area contributed by atoms with Gasteiger partial charge in [0.25, 0.3) is 0 Å². The van der Waals surface area contributed by atoms with Crippen molar-refractivity contribution in [3.8, 4) is 0 Å². The Kier molecular flexibility index (Phi) is 4.98. The van der Waals surface area contributed by atoms with E-state index in [4.69, 9.17) is 16.7 Å². The number of sulfonamides is 1. The first-order valence-electron chi connectivity index (χ1n) is 7.15. The van der Waals surface area contributed by atoms with Crippen molar-refractivity contribution < 1.29 is 13.5 Å². The Bertz CT molecular complexity index is 613. The van der Waals surface area contributed by atoms with Crippen molar-refractivity contribution in [2.75, 3.05) is 0 Å². The monoisotopic (exact) mass is 331 g/mol. The zero-order chi connectivity index (χ0) is 15.7. The zero-order valence-corrected chi connectivity index (χ0v) is 14.0. The number of rotatable bonds is 4. The molecule has 1 aromatic rings. The van der Waals surface area contributed by atoms with Crippen LogP contribution in [0.15, 0.2) is 23.1 Å². The van der Waals surface area contributed by atoms with Gasteiger partial charge in [0.1, 0.15) is 0 Å². The van der Waals surface area contributed by atoms with Gasteiger partial charge in [0.2, 0.25) is 10.0 Å². The quantitative estimate of drug-likeness (QED) is 0.891. The first-order chi connectivity index (χ1) is 9.73. The summed E-state index contributed by atoms with van der Waals surface area (Å²) in [7, 11) is -3.57. The lowest BCUT2D eigenvalue weighted by Gasteiger charge is -2.35. The van der Waals surface area contributed by atoms with Gasteiger partial charge in [-0.2, -0.15) is 0 Å². The Morgan fingerprint density at radius 2 is 2.14 bits per heavy atom. The zero-order valence-electron chi connectivity index (χ0n) is 12.4. The highest BCUT2D eigenvalue weighted by molar-refractivity contribution is 7.89. The van der Waals surface area contributed by atoms with Gasteiger partial charge in [-0.3, -0.25) is 0 Å². The van der Waals surface area contributed by atoms with Crippen molar-refractivity contribution in [1.29, 1.82) is 0 Å². The molecule has 1 aromatic carbocycles. The molecule has 2 rings (SSSR count). The molecule has 0 spiro atoms. The lowest BCUT2D eigenvalue weighted by molar-refractivity contribution is 0.212. The molecule has 0 aromatic heterocycles.